The molecule has 0 radical (unpaired) electrons. The average molecular weight is 267 g/mol. The minimum absolute atomic E-state index is 0.252. The molecule has 0 aliphatic heterocycles. The fourth-order valence-corrected chi connectivity index (χ4v) is 3.62. The van der Waals surface area contributed by atoms with E-state index in [0.29, 0.717) is 17.9 Å². The van der Waals surface area contributed by atoms with Crippen LogP contribution in [0.15, 0.2) is 0 Å². The van der Waals surface area contributed by atoms with Gasteiger partial charge in [-0.3, -0.25) is 9.59 Å². The summed E-state index contributed by atoms with van der Waals surface area (Å²) >= 11 is 0. The molecule has 4 nitrogen and oxygen atoms in total. The Morgan fingerprint density at radius 3 is 2.16 bits per heavy atom. The zero-order valence-corrected chi connectivity index (χ0v) is 11.8. The number of carbonyl (C=O) groups is 2. The minimum atomic E-state index is -0.696. The first-order valence-corrected chi connectivity index (χ1v) is 7.56. The summed E-state index contributed by atoms with van der Waals surface area (Å²) in [7, 11) is 1.93. The lowest BCUT2D eigenvalue weighted by Crippen LogP contribution is -2.42. The second kappa shape index (κ2) is 6.40. The lowest BCUT2D eigenvalue weighted by atomic mass is 9.83. The van der Waals surface area contributed by atoms with E-state index in [1.165, 1.54) is 12.8 Å². The summed E-state index contributed by atoms with van der Waals surface area (Å²) < 4.78 is 0. The summed E-state index contributed by atoms with van der Waals surface area (Å²) in [6, 6.07) is 0.332. The third-order valence-electron chi connectivity index (χ3n) is 4.88. The van der Waals surface area contributed by atoms with Crippen LogP contribution in [0.1, 0.15) is 57.8 Å². The third-order valence-corrected chi connectivity index (χ3v) is 4.88. The van der Waals surface area contributed by atoms with Crippen LogP contribution in [0, 0.1) is 11.8 Å². The number of hydrogen-bond acceptors (Lipinski definition) is 2. The van der Waals surface area contributed by atoms with Crippen molar-refractivity contribution < 1.29 is 14.7 Å². The Labute approximate surface area is 115 Å². The van der Waals surface area contributed by atoms with E-state index in [0.717, 1.165) is 38.5 Å². The summed E-state index contributed by atoms with van der Waals surface area (Å²) in [5, 5.41) is 8.81. The highest BCUT2D eigenvalue weighted by atomic mass is 16.4. The number of carbonyl (C=O) groups excluding carboxylic acids is 1. The monoisotopic (exact) mass is 267 g/mol. The second-order valence-corrected chi connectivity index (χ2v) is 6.20. The van der Waals surface area contributed by atoms with E-state index in [4.69, 9.17) is 5.11 Å². The van der Waals surface area contributed by atoms with Crippen molar-refractivity contribution in [2.24, 2.45) is 11.8 Å². The van der Waals surface area contributed by atoms with Crippen molar-refractivity contribution >= 4 is 11.9 Å². The van der Waals surface area contributed by atoms with Crippen LogP contribution in [0.2, 0.25) is 0 Å². The second-order valence-electron chi connectivity index (χ2n) is 6.20. The minimum Gasteiger partial charge on any atom is -0.481 e. The molecule has 2 aliphatic rings. The normalized spacial score (nSPS) is 28.3. The van der Waals surface area contributed by atoms with E-state index in [2.05, 4.69) is 0 Å². The van der Waals surface area contributed by atoms with Crippen molar-refractivity contribution in [3.63, 3.8) is 0 Å². The van der Waals surface area contributed by atoms with E-state index < -0.39 is 5.97 Å². The van der Waals surface area contributed by atoms with E-state index in [9.17, 15) is 9.59 Å². The van der Waals surface area contributed by atoms with Crippen LogP contribution in [0.25, 0.3) is 0 Å². The standard InChI is InChI=1S/C15H25NO3/c1-16(15(19)12-4-2-3-5-12)13-8-6-11(7-9-13)10-14(17)18/h11-13H,2-10H2,1H3,(H,17,18). The van der Waals surface area contributed by atoms with Crippen molar-refractivity contribution in [2.75, 3.05) is 7.05 Å². The van der Waals surface area contributed by atoms with Crippen molar-refractivity contribution in [2.45, 2.75) is 63.8 Å². The van der Waals surface area contributed by atoms with Crippen molar-refractivity contribution in [3.05, 3.63) is 0 Å². The summed E-state index contributed by atoms with van der Waals surface area (Å²) in [6.45, 7) is 0. The molecule has 0 unspecified atom stereocenters. The topological polar surface area (TPSA) is 57.6 Å². The van der Waals surface area contributed by atoms with Crippen LogP contribution < -0.4 is 0 Å². The summed E-state index contributed by atoms with van der Waals surface area (Å²) in [6.07, 6.45) is 8.59. The van der Waals surface area contributed by atoms with Crippen LogP contribution in [0.5, 0.6) is 0 Å². The number of carboxylic acid groups (broad SMARTS) is 1. The Hall–Kier alpha value is -1.06. The molecule has 2 rings (SSSR count). The number of carboxylic acids is 1. The smallest absolute Gasteiger partial charge is 0.303 e. The van der Waals surface area contributed by atoms with Gasteiger partial charge in [-0.1, -0.05) is 12.8 Å². The maximum Gasteiger partial charge on any atom is 0.303 e. The molecule has 0 aromatic carbocycles. The number of rotatable bonds is 4. The maximum atomic E-state index is 12.3. The lowest BCUT2D eigenvalue weighted by molar-refractivity contribution is -0.140. The first-order chi connectivity index (χ1) is 9.08. The van der Waals surface area contributed by atoms with Crippen LogP contribution in [-0.4, -0.2) is 35.0 Å². The molecule has 108 valence electrons. The van der Waals surface area contributed by atoms with Gasteiger partial charge in [-0.2, -0.15) is 0 Å². The van der Waals surface area contributed by atoms with Crippen LogP contribution >= 0.6 is 0 Å². The molecule has 0 heterocycles. The first kappa shape index (κ1) is 14.4. The predicted molar refractivity (Wildman–Crippen MR) is 72.7 cm³/mol. The molecule has 2 fully saturated rings. The molecule has 0 bridgehead atoms. The van der Waals surface area contributed by atoms with Gasteiger partial charge in [0.1, 0.15) is 0 Å². The SMILES string of the molecule is CN(C(=O)C1CCCC1)C1CCC(CC(=O)O)CC1. The van der Waals surface area contributed by atoms with E-state index in [1.54, 1.807) is 0 Å². The number of aliphatic carboxylic acids is 1. The highest BCUT2D eigenvalue weighted by Crippen LogP contribution is 2.32. The predicted octanol–water partition coefficient (Wildman–Crippen LogP) is 2.67. The number of nitrogens with zero attached hydrogens (tertiary/aromatic N) is 1. The molecule has 19 heavy (non-hydrogen) atoms. The maximum absolute atomic E-state index is 12.3. The van der Waals surface area contributed by atoms with Gasteiger partial charge in [-0.05, 0) is 44.4 Å². The van der Waals surface area contributed by atoms with E-state index in [1.807, 2.05) is 11.9 Å². The van der Waals surface area contributed by atoms with Crippen molar-refractivity contribution in [3.8, 4) is 0 Å². The Morgan fingerprint density at radius 1 is 1.05 bits per heavy atom. The summed E-state index contributed by atoms with van der Waals surface area (Å²) in [4.78, 5) is 25.0. The van der Waals surface area contributed by atoms with Crippen molar-refractivity contribution in [1.29, 1.82) is 0 Å². The summed E-state index contributed by atoms with van der Waals surface area (Å²) in [5.74, 6) is 0.184. The quantitative estimate of drug-likeness (QED) is 0.852. The Balaban J connectivity index is 1.79. The highest BCUT2D eigenvalue weighted by Gasteiger charge is 2.31. The van der Waals surface area contributed by atoms with Gasteiger partial charge in [0.15, 0.2) is 0 Å². The van der Waals surface area contributed by atoms with Gasteiger partial charge in [0.2, 0.25) is 5.91 Å². The Kier molecular flexibility index (Phi) is 4.83. The molecule has 0 spiro atoms. The Bertz CT molecular complexity index is 328. The van der Waals surface area contributed by atoms with E-state index in [-0.39, 0.29) is 12.3 Å². The molecule has 4 heteroatoms. The third kappa shape index (κ3) is 3.71. The van der Waals surface area contributed by atoms with Gasteiger partial charge < -0.3 is 10.0 Å². The van der Waals surface area contributed by atoms with Gasteiger partial charge in [-0.25, -0.2) is 0 Å². The van der Waals surface area contributed by atoms with E-state index >= 15 is 0 Å². The fraction of sp³-hybridized carbons (Fsp3) is 0.867. The van der Waals surface area contributed by atoms with Crippen LogP contribution in [0.3, 0.4) is 0 Å². The van der Waals surface area contributed by atoms with Crippen LogP contribution in [-0.2, 0) is 9.59 Å². The summed E-state index contributed by atoms with van der Waals surface area (Å²) in [5.41, 5.74) is 0. The molecule has 0 saturated heterocycles. The Morgan fingerprint density at radius 2 is 1.63 bits per heavy atom. The molecular formula is C15H25NO3. The van der Waals surface area contributed by atoms with Gasteiger partial charge >= 0.3 is 5.97 Å². The molecule has 1 amide bonds. The zero-order chi connectivity index (χ0) is 13.8. The molecule has 2 aliphatic carbocycles. The van der Waals surface area contributed by atoms with Gasteiger partial charge in [0, 0.05) is 25.4 Å². The first-order valence-electron chi connectivity index (χ1n) is 7.56. The molecule has 2 saturated carbocycles. The van der Waals surface area contributed by atoms with Gasteiger partial charge in [0.05, 0.1) is 0 Å². The lowest BCUT2D eigenvalue weighted by Gasteiger charge is -2.35. The van der Waals surface area contributed by atoms with Gasteiger partial charge in [0.25, 0.3) is 0 Å². The molecule has 1 N–H and O–H groups in total. The fourth-order valence-electron chi connectivity index (χ4n) is 3.62. The molecule has 0 aromatic heterocycles. The largest absolute Gasteiger partial charge is 0.481 e. The average Bonchev–Trinajstić information content (AvgIpc) is 2.91. The van der Waals surface area contributed by atoms with Crippen LogP contribution in [0.4, 0.5) is 0 Å². The molecule has 0 aromatic rings. The number of amides is 1. The zero-order valence-electron chi connectivity index (χ0n) is 11.8. The molecule has 0 atom stereocenters. The van der Waals surface area contributed by atoms with Gasteiger partial charge in [-0.15, -0.1) is 0 Å². The van der Waals surface area contributed by atoms with Crippen molar-refractivity contribution in [1.82, 2.24) is 4.90 Å². The highest BCUT2D eigenvalue weighted by molar-refractivity contribution is 5.79. The molecular weight excluding hydrogens is 242 g/mol. The number of hydrogen-bond donors (Lipinski definition) is 1.